The summed E-state index contributed by atoms with van der Waals surface area (Å²) in [6, 6.07) is 5.54. The standard InChI is InChI=1S/C47H59N7O21/c1-24-18-32-42(60)54(31-21-35(67-15-13-50-52-48)34(64-8)20-29(31)41(59)53(32)22-24)46(63)68-23-28-10-11-33(30(19-28)40(58)49-12-14-66-16-17-69-51-45(62)75-47(5,6)7)73-44-39(72-27(4)57)37(71-26(3)56)36(70-25(2)55)38(74-44)43(61)65-9/h10-11,19-21,32,36-39,42,44,60H,1,12-18,22-23H2,2-9H3,(H,49,58)(H,51,62)/t32-,36-,37-,38-,39+,42?,44+/m0/s1. The average molecular weight is 1060 g/mol. The molecule has 28 heteroatoms. The lowest BCUT2D eigenvalue weighted by Crippen LogP contribution is -2.64. The highest BCUT2D eigenvalue weighted by molar-refractivity contribution is 6.06. The summed E-state index contributed by atoms with van der Waals surface area (Å²) in [5.41, 5.74) is 10.4. The maximum atomic E-state index is 14.3. The summed E-state index contributed by atoms with van der Waals surface area (Å²) in [4.78, 5) is 115. The Morgan fingerprint density at radius 3 is 2.25 bits per heavy atom. The van der Waals surface area contributed by atoms with Crippen LogP contribution in [0.4, 0.5) is 15.3 Å². The largest absolute Gasteiger partial charge is 0.493 e. The van der Waals surface area contributed by atoms with Gasteiger partial charge in [-0.3, -0.25) is 28.8 Å². The molecule has 3 heterocycles. The molecule has 408 valence electrons. The van der Waals surface area contributed by atoms with Gasteiger partial charge in [-0.1, -0.05) is 23.3 Å². The lowest BCUT2D eigenvalue weighted by molar-refractivity contribution is -0.282. The smallest absolute Gasteiger partial charge is 0.431 e. The predicted octanol–water partition coefficient (Wildman–Crippen LogP) is 2.90. The van der Waals surface area contributed by atoms with Crippen molar-refractivity contribution in [1.82, 2.24) is 15.7 Å². The molecule has 0 radical (unpaired) electrons. The molecule has 3 aliphatic rings. The molecule has 0 spiro atoms. The second kappa shape index (κ2) is 26.3. The van der Waals surface area contributed by atoms with E-state index in [1.54, 1.807) is 20.8 Å². The molecule has 0 aromatic heterocycles. The van der Waals surface area contributed by atoms with Crippen molar-refractivity contribution in [2.75, 3.05) is 65.2 Å². The molecule has 5 rings (SSSR count). The molecule has 3 aliphatic heterocycles. The van der Waals surface area contributed by atoms with Crippen molar-refractivity contribution in [3.05, 3.63) is 69.6 Å². The van der Waals surface area contributed by atoms with E-state index in [2.05, 4.69) is 27.4 Å². The zero-order chi connectivity index (χ0) is 55.1. The third-order valence-electron chi connectivity index (χ3n) is 10.8. The molecule has 2 fully saturated rings. The van der Waals surface area contributed by atoms with Gasteiger partial charge in [-0.15, -0.1) is 0 Å². The number of nitrogens with zero attached hydrogens (tertiary/aromatic N) is 5. The molecule has 2 saturated heterocycles. The number of nitrogens with one attached hydrogen (secondary N) is 2. The van der Waals surface area contributed by atoms with E-state index in [4.69, 9.17) is 62.5 Å². The Morgan fingerprint density at radius 1 is 0.907 bits per heavy atom. The Morgan fingerprint density at radius 2 is 1.60 bits per heavy atom. The number of hydroxylamine groups is 1. The van der Waals surface area contributed by atoms with E-state index in [9.17, 15) is 43.5 Å². The SMILES string of the molecule is C=C1C[C@H]2C(O)N(C(=O)OCc3ccc(O[C@@H]4O[C@H](C(=O)OC)[C@@H](OC(C)=O)[C@H](OC(C)=O)[C@H]4OC(C)=O)c(C(=O)NCCOCCONC(=O)OC(C)(C)C)c3)c3cc(OCCN=[N+]=[N-])c(OC)cc3C(=O)N2C1. The highest BCUT2D eigenvalue weighted by Crippen LogP contribution is 2.42. The van der Waals surface area contributed by atoms with Crippen LogP contribution in [0, 0.1) is 0 Å². The second-order valence-electron chi connectivity index (χ2n) is 17.6. The van der Waals surface area contributed by atoms with Gasteiger partial charge in [-0.05, 0) is 56.5 Å². The molecule has 75 heavy (non-hydrogen) atoms. The van der Waals surface area contributed by atoms with Gasteiger partial charge in [0.2, 0.25) is 12.4 Å². The molecule has 7 atom stereocenters. The third kappa shape index (κ3) is 15.6. The van der Waals surface area contributed by atoms with Crippen LogP contribution in [0.2, 0.25) is 0 Å². The van der Waals surface area contributed by atoms with Crippen molar-refractivity contribution in [2.45, 2.75) is 103 Å². The van der Waals surface area contributed by atoms with Crippen LogP contribution in [0.25, 0.3) is 10.4 Å². The number of hydrogen-bond donors (Lipinski definition) is 3. The molecule has 1 unspecified atom stereocenters. The molecule has 2 aromatic rings. The van der Waals surface area contributed by atoms with Crippen LogP contribution < -0.4 is 29.9 Å². The van der Waals surface area contributed by atoms with Crippen LogP contribution in [-0.2, 0) is 68.5 Å². The summed E-state index contributed by atoms with van der Waals surface area (Å²) in [5.74, 6) is -5.52. The Bertz CT molecular complexity index is 2530. The quantitative estimate of drug-likeness (QED) is 0.0236. The predicted molar refractivity (Wildman–Crippen MR) is 253 cm³/mol. The van der Waals surface area contributed by atoms with E-state index in [0.29, 0.717) is 5.57 Å². The fourth-order valence-corrected chi connectivity index (χ4v) is 7.83. The zero-order valence-corrected chi connectivity index (χ0v) is 42.3. The van der Waals surface area contributed by atoms with Crippen molar-refractivity contribution in [2.24, 2.45) is 5.11 Å². The van der Waals surface area contributed by atoms with E-state index in [1.807, 2.05) is 0 Å². The van der Waals surface area contributed by atoms with Crippen LogP contribution >= 0.6 is 0 Å². The van der Waals surface area contributed by atoms with E-state index < -0.39 is 103 Å². The number of anilines is 1. The van der Waals surface area contributed by atoms with Gasteiger partial charge in [-0.25, -0.2) is 19.3 Å². The Kier molecular flexibility index (Phi) is 20.4. The summed E-state index contributed by atoms with van der Waals surface area (Å²) in [6.45, 7) is 11.0. The number of fused-ring (bicyclic) bond motifs is 2. The number of hydrogen-bond acceptors (Lipinski definition) is 22. The number of esters is 4. The minimum atomic E-state index is -1.88. The van der Waals surface area contributed by atoms with E-state index in [0.717, 1.165) is 32.8 Å². The molecule has 0 bridgehead atoms. The number of amides is 4. The lowest BCUT2D eigenvalue weighted by Gasteiger charge is -2.43. The van der Waals surface area contributed by atoms with Crippen LogP contribution in [-0.4, -0.2) is 167 Å². The molecule has 0 aliphatic carbocycles. The number of benzene rings is 2. The van der Waals surface area contributed by atoms with Crippen molar-refractivity contribution < 1.29 is 100 Å². The normalized spacial score (nSPS) is 20.9. The van der Waals surface area contributed by atoms with Gasteiger partial charge in [0.15, 0.2) is 36.0 Å². The van der Waals surface area contributed by atoms with Gasteiger partial charge in [0.1, 0.15) is 18.0 Å². The van der Waals surface area contributed by atoms with Crippen molar-refractivity contribution in [3.63, 3.8) is 0 Å². The average Bonchev–Trinajstić information content (AvgIpc) is 3.71. The third-order valence-corrected chi connectivity index (χ3v) is 10.8. The molecule has 0 saturated carbocycles. The fourth-order valence-electron chi connectivity index (χ4n) is 7.83. The zero-order valence-electron chi connectivity index (χ0n) is 42.3. The molecular formula is C47H59N7O21. The topological polar surface area (TPSA) is 347 Å². The first-order chi connectivity index (χ1) is 35.6. The number of aliphatic hydroxyl groups excluding tert-OH is 1. The first kappa shape index (κ1) is 58.0. The Hall–Kier alpha value is -7.91. The van der Waals surface area contributed by atoms with Crippen molar-refractivity contribution in [1.29, 1.82) is 0 Å². The summed E-state index contributed by atoms with van der Waals surface area (Å²) in [7, 11) is 2.33. The van der Waals surface area contributed by atoms with Crippen molar-refractivity contribution >= 4 is 53.6 Å². The number of ether oxygens (including phenoxy) is 11. The highest BCUT2D eigenvalue weighted by atomic mass is 16.7. The maximum Gasteiger partial charge on any atom is 0.431 e. The van der Waals surface area contributed by atoms with E-state index in [-0.39, 0.29) is 92.1 Å². The monoisotopic (exact) mass is 1060 g/mol. The second-order valence-corrected chi connectivity index (χ2v) is 17.6. The minimum absolute atomic E-state index is 0.0331. The number of carbonyl (C=O) groups excluding carboxylic acids is 8. The Labute approximate surface area is 429 Å². The first-order valence-electron chi connectivity index (χ1n) is 23.1. The highest BCUT2D eigenvalue weighted by Gasteiger charge is 2.56. The fraction of sp³-hybridized carbons (Fsp3) is 0.532. The maximum absolute atomic E-state index is 14.3. The number of methoxy groups -OCH3 is 2. The van der Waals surface area contributed by atoms with Gasteiger partial charge < -0.3 is 67.4 Å². The molecule has 3 N–H and O–H groups in total. The number of azide groups is 1. The lowest BCUT2D eigenvalue weighted by atomic mass is 9.97. The van der Waals surface area contributed by atoms with E-state index >= 15 is 0 Å². The summed E-state index contributed by atoms with van der Waals surface area (Å²) in [5, 5.41) is 18.0. The van der Waals surface area contributed by atoms with Crippen LogP contribution in [0.15, 0.2) is 47.6 Å². The van der Waals surface area contributed by atoms with Gasteiger partial charge in [0, 0.05) is 44.8 Å². The van der Waals surface area contributed by atoms with Crippen LogP contribution in [0.3, 0.4) is 0 Å². The number of carbonyl (C=O) groups is 8. The molecule has 4 amide bonds. The van der Waals surface area contributed by atoms with Gasteiger partial charge >= 0.3 is 36.1 Å². The number of aliphatic hydroxyl groups is 1. The molecular weight excluding hydrogens is 999 g/mol. The van der Waals surface area contributed by atoms with E-state index in [1.165, 1.54) is 42.3 Å². The molecule has 2 aromatic carbocycles. The number of rotatable bonds is 21. The van der Waals surface area contributed by atoms with Gasteiger partial charge in [0.25, 0.3) is 11.8 Å². The van der Waals surface area contributed by atoms with Gasteiger partial charge in [0.05, 0.1) is 70.0 Å². The Balaban J connectivity index is 1.46. The first-order valence-corrected chi connectivity index (χ1v) is 23.1. The summed E-state index contributed by atoms with van der Waals surface area (Å²) < 4.78 is 60.9. The molecule has 28 nitrogen and oxygen atoms in total. The summed E-state index contributed by atoms with van der Waals surface area (Å²) >= 11 is 0. The van der Waals surface area contributed by atoms with Crippen LogP contribution in [0.5, 0.6) is 17.2 Å². The van der Waals surface area contributed by atoms with Crippen LogP contribution in [0.1, 0.15) is 74.2 Å². The van der Waals surface area contributed by atoms with Crippen molar-refractivity contribution in [3.8, 4) is 17.2 Å². The minimum Gasteiger partial charge on any atom is -0.493 e. The van der Waals surface area contributed by atoms with Gasteiger partial charge in [-0.2, -0.15) is 5.48 Å². The summed E-state index contributed by atoms with van der Waals surface area (Å²) in [6.07, 6.45) is -12.5.